The van der Waals surface area contributed by atoms with Gasteiger partial charge in [0.2, 0.25) is 0 Å². The number of unbranched alkanes of at least 4 members (excludes halogenated alkanes) is 9. The van der Waals surface area contributed by atoms with E-state index in [1.807, 2.05) is 12.1 Å². The Kier molecular flexibility index (Phi) is 10.3. The number of aryl methyl sites for hydroxylation is 1. The van der Waals surface area contributed by atoms with Gasteiger partial charge >= 0.3 is 0 Å². The number of aromatic nitrogens is 1. The van der Waals surface area contributed by atoms with Crippen LogP contribution in [0.3, 0.4) is 0 Å². The Bertz CT molecular complexity index is 975. The third-order valence-electron chi connectivity index (χ3n) is 6.18. The fraction of sp³-hybridized carbons (Fsp3) is 0.433. The average Bonchev–Trinajstić information content (AvgIpc) is 2.84. The first-order valence-electron chi connectivity index (χ1n) is 12.5. The highest BCUT2D eigenvalue weighted by molar-refractivity contribution is 5.80. The lowest BCUT2D eigenvalue weighted by atomic mass is 10.0. The summed E-state index contributed by atoms with van der Waals surface area (Å²) >= 11 is 0. The molecular weight excluding hydrogens is 390 g/mol. The second kappa shape index (κ2) is 13.7. The van der Waals surface area contributed by atoms with Gasteiger partial charge in [0.25, 0.3) is 0 Å². The zero-order chi connectivity index (χ0) is 22.4. The van der Waals surface area contributed by atoms with Crippen LogP contribution in [0.2, 0.25) is 0 Å². The molecule has 0 aliphatic rings. The van der Waals surface area contributed by atoms with Crippen molar-refractivity contribution in [3.8, 4) is 5.75 Å². The maximum absolute atomic E-state index is 5.69. The van der Waals surface area contributed by atoms with Crippen molar-refractivity contribution in [2.45, 2.75) is 77.6 Å². The lowest BCUT2D eigenvalue weighted by Crippen LogP contribution is -1.93. The molecule has 32 heavy (non-hydrogen) atoms. The van der Waals surface area contributed by atoms with Crippen molar-refractivity contribution < 1.29 is 4.74 Å². The van der Waals surface area contributed by atoms with Gasteiger partial charge < -0.3 is 4.74 Å². The zero-order valence-corrected chi connectivity index (χ0v) is 20.0. The molecular formula is C30H39NO. The number of ether oxygens (including phenoxy) is 1. The van der Waals surface area contributed by atoms with E-state index in [0.717, 1.165) is 28.9 Å². The second-order valence-corrected chi connectivity index (χ2v) is 8.77. The average molecular weight is 430 g/mol. The molecule has 0 spiro atoms. The molecule has 0 unspecified atom stereocenters. The van der Waals surface area contributed by atoms with Crippen molar-refractivity contribution in [3.63, 3.8) is 0 Å². The predicted molar refractivity (Wildman–Crippen MR) is 139 cm³/mol. The minimum atomic E-state index is 0.970. The Balaban J connectivity index is 1.45. The van der Waals surface area contributed by atoms with Crippen LogP contribution < -0.4 is 4.74 Å². The van der Waals surface area contributed by atoms with Gasteiger partial charge in [0, 0.05) is 5.39 Å². The molecule has 1 heterocycles. The Morgan fingerprint density at radius 3 is 2.22 bits per heavy atom. The first-order valence-corrected chi connectivity index (χ1v) is 12.5. The number of rotatable bonds is 14. The minimum absolute atomic E-state index is 0.970. The highest BCUT2D eigenvalue weighted by Gasteiger charge is 2.04. The fourth-order valence-corrected chi connectivity index (χ4v) is 4.23. The standard InChI is InChI=1S/C30H39NO/c1-3-4-5-6-7-8-9-10-11-12-16-27-20-18-25(24-30(27)32-2)19-22-28-23-21-26-15-13-14-17-29(26)31-28/h13-15,17-24H,3-12,16H2,1-2H3. The van der Waals surface area contributed by atoms with E-state index >= 15 is 0 Å². The van der Waals surface area contributed by atoms with Crippen LogP contribution >= 0.6 is 0 Å². The van der Waals surface area contributed by atoms with E-state index in [4.69, 9.17) is 9.72 Å². The Morgan fingerprint density at radius 1 is 0.750 bits per heavy atom. The van der Waals surface area contributed by atoms with Gasteiger partial charge in [-0.2, -0.15) is 0 Å². The monoisotopic (exact) mass is 429 g/mol. The number of para-hydroxylation sites is 1. The summed E-state index contributed by atoms with van der Waals surface area (Å²) in [7, 11) is 1.77. The summed E-state index contributed by atoms with van der Waals surface area (Å²) < 4.78 is 5.69. The van der Waals surface area contributed by atoms with Crippen molar-refractivity contribution >= 4 is 23.1 Å². The molecule has 0 amide bonds. The van der Waals surface area contributed by atoms with Crippen LogP contribution in [0.4, 0.5) is 0 Å². The number of hydrogen-bond acceptors (Lipinski definition) is 2. The van der Waals surface area contributed by atoms with Gasteiger partial charge in [-0.15, -0.1) is 0 Å². The van der Waals surface area contributed by atoms with Crippen LogP contribution in [0, 0.1) is 0 Å². The number of pyridine rings is 1. The van der Waals surface area contributed by atoms with Crippen molar-refractivity contribution in [2.75, 3.05) is 7.11 Å². The van der Waals surface area contributed by atoms with Crippen molar-refractivity contribution in [1.29, 1.82) is 0 Å². The smallest absolute Gasteiger partial charge is 0.122 e. The van der Waals surface area contributed by atoms with E-state index in [9.17, 15) is 0 Å². The first-order chi connectivity index (χ1) is 15.8. The molecule has 0 aliphatic carbocycles. The number of hydrogen-bond donors (Lipinski definition) is 0. The van der Waals surface area contributed by atoms with E-state index in [1.165, 1.54) is 75.2 Å². The number of fused-ring (bicyclic) bond motifs is 1. The normalized spacial score (nSPS) is 11.4. The molecule has 0 saturated carbocycles. The van der Waals surface area contributed by atoms with E-state index in [0.29, 0.717) is 0 Å². The van der Waals surface area contributed by atoms with Gasteiger partial charge in [-0.25, -0.2) is 4.98 Å². The summed E-state index contributed by atoms with van der Waals surface area (Å²) in [6, 6.07) is 19.0. The molecule has 0 N–H and O–H groups in total. The lowest BCUT2D eigenvalue weighted by molar-refractivity contribution is 0.408. The van der Waals surface area contributed by atoms with Gasteiger partial charge in [0.15, 0.2) is 0 Å². The third kappa shape index (κ3) is 7.82. The molecule has 0 bridgehead atoms. The Hall–Kier alpha value is -2.61. The Labute approximate surface area is 194 Å². The molecule has 3 rings (SSSR count). The summed E-state index contributed by atoms with van der Waals surface area (Å²) in [5.41, 5.74) is 4.45. The topological polar surface area (TPSA) is 22.1 Å². The molecule has 0 fully saturated rings. The van der Waals surface area contributed by atoms with Crippen LogP contribution in [-0.2, 0) is 6.42 Å². The molecule has 2 aromatic carbocycles. The molecule has 0 saturated heterocycles. The molecule has 0 radical (unpaired) electrons. The zero-order valence-electron chi connectivity index (χ0n) is 20.0. The van der Waals surface area contributed by atoms with Crippen molar-refractivity contribution in [3.05, 3.63) is 71.4 Å². The van der Waals surface area contributed by atoms with Crippen LogP contribution in [0.5, 0.6) is 5.75 Å². The molecule has 3 aromatic rings. The van der Waals surface area contributed by atoms with E-state index in [2.05, 4.69) is 61.5 Å². The van der Waals surface area contributed by atoms with Crippen LogP contribution in [-0.4, -0.2) is 12.1 Å². The molecule has 2 nitrogen and oxygen atoms in total. The van der Waals surface area contributed by atoms with Crippen LogP contribution in [0.15, 0.2) is 54.6 Å². The van der Waals surface area contributed by atoms with Gasteiger partial charge in [0.1, 0.15) is 5.75 Å². The summed E-state index contributed by atoms with van der Waals surface area (Å²) in [4.78, 5) is 4.72. The van der Waals surface area contributed by atoms with Gasteiger partial charge in [0.05, 0.1) is 18.3 Å². The summed E-state index contributed by atoms with van der Waals surface area (Å²) in [5, 5.41) is 1.17. The van der Waals surface area contributed by atoms with Crippen LogP contribution in [0.25, 0.3) is 23.1 Å². The van der Waals surface area contributed by atoms with Crippen molar-refractivity contribution in [2.24, 2.45) is 0 Å². The van der Waals surface area contributed by atoms with Crippen molar-refractivity contribution in [1.82, 2.24) is 4.98 Å². The SMILES string of the molecule is CCCCCCCCCCCCc1ccc(C=Cc2ccc3ccccc3n2)cc1OC. The number of methoxy groups -OCH3 is 1. The predicted octanol–water partition coefficient (Wildman–Crippen LogP) is 8.88. The summed E-state index contributed by atoms with van der Waals surface area (Å²) in [6.07, 6.45) is 19.0. The maximum atomic E-state index is 5.69. The Morgan fingerprint density at radius 2 is 1.47 bits per heavy atom. The number of nitrogens with zero attached hydrogens (tertiary/aromatic N) is 1. The largest absolute Gasteiger partial charge is 0.496 e. The summed E-state index contributed by atoms with van der Waals surface area (Å²) in [6.45, 7) is 2.28. The molecule has 2 heteroatoms. The number of benzene rings is 2. The second-order valence-electron chi connectivity index (χ2n) is 8.77. The first kappa shape index (κ1) is 24.0. The lowest BCUT2D eigenvalue weighted by Gasteiger charge is -2.10. The quantitative estimate of drug-likeness (QED) is 0.239. The van der Waals surface area contributed by atoms with E-state index < -0.39 is 0 Å². The van der Waals surface area contributed by atoms with Gasteiger partial charge in [-0.05, 0) is 48.2 Å². The fourth-order valence-electron chi connectivity index (χ4n) is 4.23. The van der Waals surface area contributed by atoms with Crippen LogP contribution in [0.1, 0.15) is 88.0 Å². The molecule has 0 atom stereocenters. The molecule has 170 valence electrons. The highest BCUT2D eigenvalue weighted by atomic mass is 16.5. The van der Waals surface area contributed by atoms with E-state index in [1.54, 1.807) is 7.11 Å². The molecule has 1 aromatic heterocycles. The summed E-state index contributed by atoms with van der Waals surface area (Å²) in [5.74, 6) is 0.995. The highest BCUT2D eigenvalue weighted by Crippen LogP contribution is 2.24. The van der Waals surface area contributed by atoms with E-state index in [-0.39, 0.29) is 0 Å². The maximum Gasteiger partial charge on any atom is 0.122 e. The van der Waals surface area contributed by atoms with Gasteiger partial charge in [-0.1, -0.05) is 107 Å². The molecule has 0 aliphatic heterocycles. The minimum Gasteiger partial charge on any atom is -0.496 e. The van der Waals surface area contributed by atoms with Gasteiger partial charge in [-0.3, -0.25) is 0 Å². The third-order valence-corrected chi connectivity index (χ3v) is 6.18.